The smallest absolute Gasteiger partial charge is 0.339 e. The summed E-state index contributed by atoms with van der Waals surface area (Å²) in [7, 11) is 0. The van der Waals surface area contributed by atoms with Gasteiger partial charge in [0.25, 0.3) is 0 Å². The Morgan fingerprint density at radius 1 is 1.10 bits per heavy atom. The van der Waals surface area contributed by atoms with E-state index < -0.39 is 5.97 Å². The topological polar surface area (TPSA) is 72.8 Å². The molecule has 1 rings (SSSR count). The predicted octanol–water partition coefficient (Wildman–Crippen LogP) is 3.28. The van der Waals surface area contributed by atoms with Gasteiger partial charge in [0.1, 0.15) is 24.5 Å². The van der Waals surface area contributed by atoms with Crippen LogP contribution in [-0.4, -0.2) is 30.3 Å². The standard InChI is InChI=1S/C16H22O5/c1-2-3-4-5-10-15(17)21-12-11-20-14-9-7-6-8-13(14)16(18)19/h6-9H,2-5,10-12H2,1H3,(H,18,19). The van der Waals surface area contributed by atoms with E-state index in [4.69, 9.17) is 14.6 Å². The molecule has 0 fully saturated rings. The number of hydrogen-bond acceptors (Lipinski definition) is 4. The van der Waals surface area contributed by atoms with Crippen molar-refractivity contribution in [3.05, 3.63) is 29.8 Å². The molecule has 116 valence electrons. The van der Waals surface area contributed by atoms with Gasteiger partial charge in [0.05, 0.1) is 0 Å². The second-order valence-electron chi connectivity index (χ2n) is 4.68. The largest absolute Gasteiger partial charge is 0.489 e. The van der Waals surface area contributed by atoms with Gasteiger partial charge in [0.15, 0.2) is 0 Å². The summed E-state index contributed by atoms with van der Waals surface area (Å²) in [5, 5.41) is 8.99. The Morgan fingerprint density at radius 2 is 1.86 bits per heavy atom. The fraction of sp³-hybridized carbons (Fsp3) is 0.500. The monoisotopic (exact) mass is 294 g/mol. The number of aromatic carboxylic acids is 1. The van der Waals surface area contributed by atoms with Crippen LogP contribution in [0.4, 0.5) is 0 Å². The van der Waals surface area contributed by atoms with E-state index in [1.165, 1.54) is 6.07 Å². The normalized spacial score (nSPS) is 10.1. The number of benzene rings is 1. The minimum absolute atomic E-state index is 0.100. The third-order valence-electron chi connectivity index (χ3n) is 2.96. The van der Waals surface area contributed by atoms with E-state index in [-0.39, 0.29) is 30.5 Å². The molecule has 0 saturated heterocycles. The molecule has 0 saturated carbocycles. The van der Waals surface area contributed by atoms with Gasteiger partial charge in [-0.25, -0.2) is 4.79 Å². The van der Waals surface area contributed by atoms with Gasteiger partial charge in [-0.15, -0.1) is 0 Å². The Morgan fingerprint density at radius 3 is 2.57 bits per heavy atom. The summed E-state index contributed by atoms with van der Waals surface area (Å²) in [5.74, 6) is -0.997. The Labute approximate surface area is 124 Å². The van der Waals surface area contributed by atoms with Crippen LogP contribution in [0.1, 0.15) is 49.4 Å². The molecule has 0 atom stereocenters. The Balaban J connectivity index is 2.22. The van der Waals surface area contributed by atoms with E-state index in [1.807, 2.05) is 0 Å². The maximum atomic E-state index is 11.4. The summed E-state index contributed by atoms with van der Waals surface area (Å²) in [6.07, 6.45) is 4.56. The number of para-hydroxylation sites is 1. The fourth-order valence-corrected chi connectivity index (χ4v) is 1.84. The molecule has 0 aliphatic rings. The first-order valence-corrected chi connectivity index (χ1v) is 7.26. The van der Waals surface area contributed by atoms with Crippen molar-refractivity contribution < 1.29 is 24.2 Å². The van der Waals surface area contributed by atoms with Crippen molar-refractivity contribution in [1.82, 2.24) is 0 Å². The summed E-state index contributed by atoms with van der Waals surface area (Å²) in [4.78, 5) is 22.4. The quantitative estimate of drug-likeness (QED) is 0.529. The zero-order chi connectivity index (χ0) is 15.5. The third-order valence-corrected chi connectivity index (χ3v) is 2.96. The lowest BCUT2D eigenvalue weighted by Crippen LogP contribution is -2.13. The summed E-state index contributed by atoms with van der Waals surface area (Å²) in [6.45, 7) is 2.39. The maximum Gasteiger partial charge on any atom is 0.339 e. The predicted molar refractivity (Wildman–Crippen MR) is 78.6 cm³/mol. The average molecular weight is 294 g/mol. The molecule has 1 aromatic rings. The first-order valence-electron chi connectivity index (χ1n) is 7.26. The number of carboxylic acids is 1. The van der Waals surface area contributed by atoms with Crippen molar-refractivity contribution in [3.8, 4) is 5.75 Å². The first kappa shape index (κ1) is 17.0. The van der Waals surface area contributed by atoms with E-state index in [0.29, 0.717) is 6.42 Å². The summed E-state index contributed by atoms with van der Waals surface area (Å²) in [6, 6.07) is 6.38. The molecule has 0 heterocycles. The molecule has 21 heavy (non-hydrogen) atoms. The van der Waals surface area contributed by atoms with Crippen LogP contribution in [0, 0.1) is 0 Å². The van der Waals surface area contributed by atoms with Gasteiger partial charge in [-0.3, -0.25) is 4.79 Å². The second kappa shape index (κ2) is 9.80. The van der Waals surface area contributed by atoms with Gasteiger partial charge in [-0.05, 0) is 18.6 Å². The molecule has 0 bridgehead atoms. The molecule has 0 radical (unpaired) electrons. The van der Waals surface area contributed by atoms with E-state index in [1.54, 1.807) is 18.2 Å². The number of carbonyl (C=O) groups is 2. The lowest BCUT2D eigenvalue weighted by atomic mass is 10.2. The van der Waals surface area contributed by atoms with Gasteiger partial charge in [-0.1, -0.05) is 38.3 Å². The summed E-state index contributed by atoms with van der Waals surface area (Å²) >= 11 is 0. The SMILES string of the molecule is CCCCCCC(=O)OCCOc1ccccc1C(=O)O. The lowest BCUT2D eigenvalue weighted by molar-refractivity contribution is -0.144. The zero-order valence-corrected chi connectivity index (χ0v) is 12.3. The highest BCUT2D eigenvalue weighted by atomic mass is 16.6. The van der Waals surface area contributed by atoms with Crippen LogP contribution in [0.25, 0.3) is 0 Å². The van der Waals surface area contributed by atoms with E-state index >= 15 is 0 Å². The van der Waals surface area contributed by atoms with E-state index in [2.05, 4.69) is 6.92 Å². The van der Waals surface area contributed by atoms with Crippen molar-refractivity contribution in [2.24, 2.45) is 0 Å². The van der Waals surface area contributed by atoms with E-state index in [0.717, 1.165) is 25.7 Å². The number of hydrogen-bond donors (Lipinski definition) is 1. The van der Waals surface area contributed by atoms with Crippen LogP contribution in [0.2, 0.25) is 0 Å². The Kier molecular flexibility index (Phi) is 7.94. The molecule has 0 aliphatic heterocycles. The number of carboxylic acid groups (broad SMARTS) is 1. The molecule has 0 amide bonds. The number of ether oxygens (including phenoxy) is 2. The van der Waals surface area contributed by atoms with Crippen molar-refractivity contribution in [2.75, 3.05) is 13.2 Å². The van der Waals surface area contributed by atoms with Crippen LogP contribution < -0.4 is 4.74 Å². The van der Waals surface area contributed by atoms with Gasteiger partial charge in [0, 0.05) is 6.42 Å². The van der Waals surface area contributed by atoms with Gasteiger partial charge in [0.2, 0.25) is 0 Å². The number of unbranched alkanes of at least 4 members (excludes halogenated alkanes) is 3. The van der Waals surface area contributed by atoms with Crippen LogP contribution in [-0.2, 0) is 9.53 Å². The molecule has 1 aromatic carbocycles. The lowest BCUT2D eigenvalue weighted by Gasteiger charge is -2.09. The van der Waals surface area contributed by atoms with Crippen LogP contribution in [0.3, 0.4) is 0 Å². The summed E-state index contributed by atoms with van der Waals surface area (Å²) < 4.78 is 10.4. The molecule has 0 aliphatic carbocycles. The fourth-order valence-electron chi connectivity index (χ4n) is 1.84. The number of esters is 1. The minimum Gasteiger partial charge on any atom is -0.489 e. The van der Waals surface area contributed by atoms with Crippen LogP contribution in [0.15, 0.2) is 24.3 Å². The van der Waals surface area contributed by atoms with Crippen molar-refractivity contribution in [2.45, 2.75) is 39.0 Å². The molecule has 0 aromatic heterocycles. The Hall–Kier alpha value is -2.04. The Bertz CT molecular complexity index is 456. The van der Waals surface area contributed by atoms with Crippen molar-refractivity contribution in [3.63, 3.8) is 0 Å². The van der Waals surface area contributed by atoms with Crippen LogP contribution in [0.5, 0.6) is 5.75 Å². The second-order valence-corrected chi connectivity index (χ2v) is 4.68. The minimum atomic E-state index is -1.04. The van der Waals surface area contributed by atoms with E-state index in [9.17, 15) is 9.59 Å². The average Bonchev–Trinajstić information content (AvgIpc) is 2.48. The highest BCUT2D eigenvalue weighted by Gasteiger charge is 2.10. The molecular formula is C16H22O5. The molecule has 0 spiro atoms. The van der Waals surface area contributed by atoms with Gasteiger partial charge < -0.3 is 14.6 Å². The molecule has 1 N–H and O–H groups in total. The van der Waals surface area contributed by atoms with Crippen molar-refractivity contribution in [1.29, 1.82) is 0 Å². The van der Waals surface area contributed by atoms with Crippen molar-refractivity contribution >= 4 is 11.9 Å². The third kappa shape index (κ3) is 6.79. The maximum absolute atomic E-state index is 11.4. The molecule has 0 unspecified atom stereocenters. The first-order chi connectivity index (χ1) is 10.1. The van der Waals surface area contributed by atoms with Gasteiger partial charge >= 0.3 is 11.9 Å². The molecule has 5 nitrogen and oxygen atoms in total. The van der Waals surface area contributed by atoms with Gasteiger partial charge in [-0.2, -0.15) is 0 Å². The highest BCUT2D eigenvalue weighted by molar-refractivity contribution is 5.90. The highest BCUT2D eigenvalue weighted by Crippen LogP contribution is 2.17. The molecular weight excluding hydrogens is 272 g/mol. The summed E-state index contributed by atoms with van der Waals surface area (Å²) in [5.41, 5.74) is 0.100. The molecule has 5 heteroatoms. The number of rotatable bonds is 10. The van der Waals surface area contributed by atoms with Crippen LogP contribution >= 0.6 is 0 Å². The zero-order valence-electron chi connectivity index (χ0n) is 12.3. The number of carbonyl (C=O) groups excluding carboxylic acids is 1.